The van der Waals surface area contributed by atoms with E-state index >= 15 is 0 Å². The summed E-state index contributed by atoms with van der Waals surface area (Å²) in [5.41, 5.74) is -0.103. The van der Waals surface area contributed by atoms with Crippen LogP contribution in [0, 0.1) is 0 Å². The molecule has 0 saturated heterocycles. The van der Waals surface area contributed by atoms with E-state index in [-0.39, 0.29) is 11.4 Å². The molecule has 0 aliphatic carbocycles. The van der Waals surface area contributed by atoms with Gasteiger partial charge in [-0.1, -0.05) is 6.07 Å². The van der Waals surface area contributed by atoms with Gasteiger partial charge in [0.1, 0.15) is 0 Å². The Labute approximate surface area is 102 Å². The highest BCUT2D eigenvalue weighted by molar-refractivity contribution is 5.92. The van der Waals surface area contributed by atoms with Crippen molar-refractivity contribution < 1.29 is 24.9 Å². The van der Waals surface area contributed by atoms with Gasteiger partial charge in [-0.05, 0) is 18.2 Å². The van der Waals surface area contributed by atoms with E-state index < -0.39 is 23.2 Å². The van der Waals surface area contributed by atoms with E-state index in [0.717, 1.165) is 12.1 Å². The van der Waals surface area contributed by atoms with Crippen molar-refractivity contribution >= 4 is 5.97 Å². The molecule has 0 fully saturated rings. The van der Waals surface area contributed by atoms with Gasteiger partial charge in [0.2, 0.25) is 5.88 Å². The number of ether oxygens (including phenoxy) is 1. The molecular weight excluding hydrogens is 238 g/mol. The topological polar surface area (TPSA) is 99.9 Å². The van der Waals surface area contributed by atoms with Crippen molar-refractivity contribution in [1.82, 2.24) is 4.98 Å². The van der Waals surface area contributed by atoms with E-state index in [1.54, 1.807) is 12.1 Å². The van der Waals surface area contributed by atoms with E-state index in [1.165, 1.54) is 12.3 Å². The maximum Gasteiger partial charge on any atom is 0.345 e. The number of pyridine rings is 1. The van der Waals surface area contributed by atoms with Crippen LogP contribution in [0.4, 0.5) is 0 Å². The first-order valence-corrected chi connectivity index (χ1v) is 4.96. The number of carbonyl (C=O) groups excluding carboxylic acids is 1. The van der Waals surface area contributed by atoms with Crippen LogP contribution < -0.4 is 4.74 Å². The minimum absolute atomic E-state index is 0.0922. The molecule has 0 unspecified atom stereocenters. The molecule has 1 heterocycles. The summed E-state index contributed by atoms with van der Waals surface area (Å²) in [6.07, 6.45) is 1.45. The summed E-state index contributed by atoms with van der Waals surface area (Å²) in [5.74, 6) is -2.62. The van der Waals surface area contributed by atoms with Crippen LogP contribution in [0.15, 0.2) is 36.5 Å². The smallest absolute Gasteiger partial charge is 0.345 e. The quantitative estimate of drug-likeness (QED) is 0.548. The molecule has 6 heteroatoms. The van der Waals surface area contributed by atoms with Crippen LogP contribution in [0.25, 0.3) is 0 Å². The standard InChI is InChI=1S/C12H9NO5/c14-8-5-7(6-9(15)11(8)16)12(17)18-10-3-1-2-4-13-10/h1-6,14-16H. The molecule has 3 N–H and O–H groups in total. The highest BCUT2D eigenvalue weighted by Gasteiger charge is 2.15. The van der Waals surface area contributed by atoms with Gasteiger partial charge < -0.3 is 20.1 Å². The monoisotopic (exact) mass is 247 g/mol. The molecule has 0 aliphatic heterocycles. The van der Waals surface area contributed by atoms with Crippen molar-refractivity contribution in [2.45, 2.75) is 0 Å². The van der Waals surface area contributed by atoms with Gasteiger partial charge in [-0.3, -0.25) is 0 Å². The lowest BCUT2D eigenvalue weighted by molar-refractivity contribution is 0.0726. The molecule has 0 radical (unpaired) electrons. The fraction of sp³-hybridized carbons (Fsp3) is 0. The maximum atomic E-state index is 11.7. The number of esters is 1. The van der Waals surface area contributed by atoms with Crippen LogP contribution in [0.5, 0.6) is 23.1 Å². The van der Waals surface area contributed by atoms with E-state index in [2.05, 4.69) is 4.98 Å². The molecule has 2 rings (SSSR count). The summed E-state index contributed by atoms with van der Waals surface area (Å²) in [4.78, 5) is 15.5. The number of phenols is 3. The molecule has 18 heavy (non-hydrogen) atoms. The predicted molar refractivity (Wildman–Crippen MR) is 60.6 cm³/mol. The minimum atomic E-state index is -0.806. The molecule has 92 valence electrons. The maximum absolute atomic E-state index is 11.7. The van der Waals surface area contributed by atoms with Crippen LogP contribution in [-0.2, 0) is 0 Å². The van der Waals surface area contributed by atoms with Crippen molar-refractivity contribution in [2.24, 2.45) is 0 Å². The third-order valence-electron chi connectivity index (χ3n) is 2.14. The van der Waals surface area contributed by atoms with Crippen molar-refractivity contribution in [2.75, 3.05) is 0 Å². The second kappa shape index (κ2) is 4.62. The summed E-state index contributed by atoms with van der Waals surface area (Å²) >= 11 is 0. The minimum Gasteiger partial charge on any atom is -0.504 e. The Kier molecular flexibility index (Phi) is 3.01. The van der Waals surface area contributed by atoms with Crippen molar-refractivity contribution in [1.29, 1.82) is 0 Å². The van der Waals surface area contributed by atoms with Gasteiger partial charge in [0, 0.05) is 12.3 Å². The third kappa shape index (κ3) is 2.32. The average Bonchev–Trinajstić information content (AvgIpc) is 2.36. The Bertz CT molecular complexity index is 559. The van der Waals surface area contributed by atoms with E-state index in [4.69, 9.17) is 9.84 Å². The number of carbonyl (C=O) groups is 1. The zero-order valence-corrected chi connectivity index (χ0v) is 9.07. The second-order valence-electron chi connectivity index (χ2n) is 3.42. The Morgan fingerprint density at radius 2 is 1.78 bits per heavy atom. The molecule has 0 bridgehead atoms. The number of rotatable bonds is 2. The molecule has 0 amide bonds. The van der Waals surface area contributed by atoms with Crippen LogP contribution >= 0.6 is 0 Å². The Hall–Kier alpha value is -2.76. The number of hydrogen-bond acceptors (Lipinski definition) is 6. The molecule has 2 aromatic rings. The van der Waals surface area contributed by atoms with Gasteiger partial charge in [0.05, 0.1) is 5.56 Å². The first-order chi connectivity index (χ1) is 8.58. The molecule has 0 saturated carbocycles. The van der Waals surface area contributed by atoms with E-state index in [9.17, 15) is 15.0 Å². The molecule has 0 atom stereocenters. The van der Waals surface area contributed by atoms with Crippen LogP contribution in [0.1, 0.15) is 10.4 Å². The zero-order chi connectivity index (χ0) is 13.1. The molecular formula is C12H9NO5. The third-order valence-corrected chi connectivity index (χ3v) is 2.14. The van der Waals surface area contributed by atoms with Crippen molar-refractivity contribution in [3.63, 3.8) is 0 Å². The lowest BCUT2D eigenvalue weighted by Gasteiger charge is -2.05. The Morgan fingerprint density at radius 3 is 2.33 bits per heavy atom. The number of phenolic OH excluding ortho intramolecular Hbond substituents is 3. The SMILES string of the molecule is O=C(Oc1ccccn1)c1cc(O)c(O)c(O)c1. The summed E-state index contributed by atoms with van der Waals surface area (Å²) in [6, 6.07) is 6.76. The molecule has 1 aromatic carbocycles. The number of aromatic nitrogens is 1. The number of benzene rings is 1. The normalized spacial score (nSPS) is 10.0. The summed E-state index contributed by atoms with van der Waals surface area (Å²) in [6.45, 7) is 0. The Balaban J connectivity index is 2.25. The molecule has 0 spiro atoms. The second-order valence-corrected chi connectivity index (χ2v) is 3.42. The van der Waals surface area contributed by atoms with Gasteiger partial charge in [-0.25, -0.2) is 9.78 Å². The van der Waals surface area contributed by atoms with Gasteiger partial charge in [-0.2, -0.15) is 0 Å². The van der Waals surface area contributed by atoms with Crippen LogP contribution in [0.3, 0.4) is 0 Å². The largest absolute Gasteiger partial charge is 0.504 e. The van der Waals surface area contributed by atoms with Crippen molar-refractivity contribution in [3.8, 4) is 23.1 Å². The molecule has 0 aliphatic rings. The summed E-state index contributed by atoms with van der Waals surface area (Å²) in [7, 11) is 0. The van der Waals surface area contributed by atoms with E-state index in [0.29, 0.717) is 0 Å². The van der Waals surface area contributed by atoms with Gasteiger partial charge in [0.15, 0.2) is 17.2 Å². The number of hydrogen-bond donors (Lipinski definition) is 3. The summed E-state index contributed by atoms with van der Waals surface area (Å²) < 4.78 is 4.90. The molecule has 1 aromatic heterocycles. The highest BCUT2D eigenvalue weighted by Crippen LogP contribution is 2.35. The summed E-state index contributed by atoms with van der Waals surface area (Å²) in [5, 5.41) is 27.7. The van der Waals surface area contributed by atoms with E-state index in [1.807, 2.05) is 0 Å². The lowest BCUT2D eigenvalue weighted by atomic mass is 10.2. The first-order valence-electron chi connectivity index (χ1n) is 4.96. The highest BCUT2D eigenvalue weighted by atomic mass is 16.5. The Morgan fingerprint density at radius 1 is 1.11 bits per heavy atom. The van der Waals surface area contributed by atoms with Gasteiger partial charge in [0.25, 0.3) is 0 Å². The van der Waals surface area contributed by atoms with Crippen LogP contribution in [0.2, 0.25) is 0 Å². The first kappa shape index (κ1) is 11.7. The molecule has 6 nitrogen and oxygen atoms in total. The van der Waals surface area contributed by atoms with Crippen LogP contribution in [-0.4, -0.2) is 26.3 Å². The average molecular weight is 247 g/mol. The lowest BCUT2D eigenvalue weighted by Crippen LogP contribution is -2.09. The zero-order valence-electron chi connectivity index (χ0n) is 9.07. The number of aromatic hydroxyl groups is 3. The van der Waals surface area contributed by atoms with Gasteiger partial charge in [-0.15, -0.1) is 0 Å². The van der Waals surface area contributed by atoms with Gasteiger partial charge >= 0.3 is 5.97 Å². The van der Waals surface area contributed by atoms with Crippen molar-refractivity contribution in [3.05, 3.63) is 42.1 Å². The fourth-order valence-corrected chi connectivity index (χ4v) is 1.28. The fourth-order valence-electron chi connectivity index (χ4n) is 1.28. The predicted octanol–water partition coefficient (Wildman–Crippen LogP) is 1.42. The number of nitrogens with zero attached hydrogens (tertiary/aromatic N) is 1.